The number of fused-ring (bicyclic) bond motifs is 1. The minimum atomic E-state index is 0.0640. The van der Waals surface area contributed by atoms with E-state index in [1.165, 1.54) is 0 Å². The van der Waals surface area contributed by atoms with E-state index in [4.69, 9.17) is 5.73 Å². The van der Waals surface area contributed by atoms with E-state index in [0.717, 1.165) is 16.6 Å². The van der Waals surface area contributed by atoms with Crippen molar-refractivity contribution in [2.45, 2.75) is 13.8 Å². The van der Waals surface area contributed by atoms with Crippen molar-refractivity contribution in [1.29, 1.82) is 0 Å². The van der Waals surface area contributed by atoms with Crippen LogP contribution in [0.4, 0.5) is 11.4 Å². The quantitative estimate of drug-likeness (QED) is 0.710. The zero-order valence-corrected chi connectivity index (χ0v) is 11.2. The van der Waals surface area contributed by atoms with Gasteiger partial charge in [-0.25, -0.2) is 0 Å². The summed E-state index contributed by atoms with van der Waals surface area (Å²) in [6, 6.07) is 3.70. The monoisotopic (exact) mass is 261 g/mol. The van der Waals surface area contributed by atoms with Crippen molar-refractivity contribution in [2.24, 2.45) is 0 Å². The number of nitrogen functional groups attached to an aromatic ring is 1. The summed E-state index contributed by atoms with van der Waals surface area (Å²) in [5, 5.41) is 10.9. The molecule has 0 aliphatic rings. The number of benzene rings is 1. The molecule has 2 rings (SSSR count). The van der Waals surface area contributed by atoms with E-state index in [0.29, 0.717) is 18.8 Å². The fraction of sp³-hybridized carbons (Fsp3) is 0.385. The van der Waals surface area contributed by atoms with Crippen molar-refractivity contribution in [1.82, 2.24) is 15.1 Å². The highest BCUT2D eigenvalue weighted by molar-refractivity contribution is 5.90. The van der Waals surface area contributed by atoms with Crippen molar-refractivity contribution in [3.8, 4) is 0 Å². The molecular weight excluding hydrogens is 242 g/mol. The Kier molecular flexibility index (Phi) is 3.89. The molecule has 1 aromatic heterocycles. The van der Waals surface area contributed by atoms with Crippen LogP contribution in [0.2, 0.25) is 0 Å². The summed E-state index contributed by atoms with van der Waals surface area (Å²) < 4.78 is 0. The number of hydrogen-bond donors (Lipinski definition) is 3. The molecule has 0 fully saturated rings. The SMILES string of the molecule is CCN(CC)C(=O)CNc1cc2[nH]ncc2cc1N. The summed E-state index contributed by atoms with van der Waals surface area (Å²) in [4.78, 5) is 13.7. The Hall–Kier alpha value is -2.24. The fourth-order valence-corrected chi connectivity index (χ4v) is 2.02. The van der Waals surface area contributed by atoms with Crippen LogP contribution >= 0.6 is 0 Å². The zero-order valence-electron chi connectivity index (χ0n) is 11.2. The highest BCUT2D eigenvalue weighted by Crippen LogP contribution is 2.24. The van der Waals surface area contributed by atoms with Crippen LogP contribution in [0.3, 0.4) is 0 Å². The van der Waals surface area contributed by atoms with Gasteiger partial charge in [0.1, 0.15) is 0 Å². The number of carbonyl (C=O) groups excluding carboxylic acids is 1. The van der Waals surface area contributed by atoms with Crippen LogP contribution in [-0.4, -0.2) is 40.6 Å². The van der Waals surface area contributed by atoms with Gasteiger partial charge in [-0.1, -0.05) is 0 Å². The number of nitrogens with two attached hydrogens (primary N) is 1. The smallest absolute Gasteiger partial charge is 0.241 e. The molecule has 0 spiro atoms. The number of rotatable bonds is 5. The van der Waals surface area contributed by atoms with Gasteiger partial charge in [0.05, 0.1) is 29.6 Å². The Morgan fingerprint density at radius 2 is 2.16 bits per heavy atom. The van der Waals surface area contributed by atoms with E-state index in [-0.39, 0.29) is 12.5 Å². The van der Waals surface area contributed by atoms with Crippen LogP contribution in [-0.2, 0) is 4.79 Å². The first-order chi connectivity index (χ1) is 9.15. The minimum absolute atomic E-state index is 0.0640. The normalized spacial score (nSPS) is 10.6. The lowest BCUT2D eigenvalue weighted by Gasteiger charge is -2.19. The van der Waals surface area contributed by atoms with Gasteiger partial charge in [-0.05, 0) is 26.0 Å². The topological polar surface area (TPSA) is 87.0 Å². The Bertz CT molecular complexity index is 573. The van der Waals surface area contributed by atoms with Crippen LogP contribution in [0.1, 0.15) is 13.8 Å². The molecule has 0 aliphatic heterocycles. The van der Waals surface area contributed by atoms with Crippen LogP contribution in [0.15, 0.2) is 18.3 Å². The lowest BCUT2D eigenvalue weighted by molar-refractivity contribution is -0.128. The minimum Gasteiger partial charge on any atom is -0.397 e. The maximum Gasteiger partial charge on any atom is 0.241 e. The second-order valence-electron chi connectivity index (χ2n) is 4.32. The van der Waals surface area contributed by atoms with Gasteiger partial charge in [0.15, 0.2) is 0 Å². The number of likely N-dealkylation sites (N-methyl/N-ethyl adjacent to an activating group) is 1. The largest absolute Gasteiger partial charge is 0.397 e. The van der Waals surface area contributed by atoms with Crippen molar-refractivity contribution in [3.63, 3.8) is 0 Å². The maximum atomic E-state index is 11.9. The van der Waals surface area contributed by atoms with Crippen molar-refractivity contribution in [3.05, 3.63) is 18.3 Å². The Balaban J connectivity index is 2.08. The summed E-state index contributed by atoms with van der Waals surface area (Å²) in [5.41, 5.74) is 8.20. The third kappa shape index (κ3) is 2.78. The molecule has 0 aliphatic carbocycles. The Labute approximate surface area is 112 Å². The van der Waals surface area contributed by atoms with Gasteiger partial charge in [-0.15, -0.1) is 0 Å². The van der Waals surface area contributed by atoms with Gasteiger partial charge in [-0.3, -0.25) is 9.89 Å². The predicted molar refractivity (Wildman–Crippen MR) is 76.9 cm³/mol. The average molecular weight is 261 g/mol. The van der Waals surface area contributed by atoms with E-state index >= 15 is 0 Å². The van der Waals surface area contributed by atoms with E-state index < -0.39 is 0 Å². The lowest BCUT2D eigenvalue weighted by Crippen LogP contribution is -2.35. The molecule has 0 saturated heterocycles. The van der Waals surface area contributed by atoms with E-state index in [9.17, 15) is 4.79 Å². The molecule has 102 valence electrons. The average Bonchev–Trinajstić information content (AvgIpc) is 2.84. The predicted octanol–water partition coefficient (Wildman–Crippen LogP) is 1.43. The van der Waals surface area contributed by atoms with Crippen molar-refractivity contribution in [2.75, 3.05) is 30.7 Å². The van der Waals surface area contributed by atoms with Gasteiger partial charge in [0.2, 0.25) is 5.91 Å². The molecule has 4 N–H and O–H groups in total. The Morgan fingerprint density at radius 3 is 2.84 bits per heavy atom. The zero-order chi connectivity index (χ0) is 13.8. The summed E-state index contributed by atoms with van der Waals surface area (Å²) in [6.07, 6.45) is 1.72. The summed E-state index contributed by atoms with van der Waals surface area (Å²) in [5.74, 6) is 0.0640. The van der Waals surface area contributed by atoms with Gasteiger partial charge in [0.25, 0.3) is 0 Å². The molecule has 0 atom stereocenters. The molecule has 1 amide bonds. The van der Waals surface area contributed by atoms with Crippen LogP contribution in [0.25, 0.3) is 10.9 Å². The summed E-state index contributed by atoms with van der Waals surface area (Å²) in [6.45, 7) is 5.60. The molecule has 19 heavy (non-hydrogen) atoms. The van der Waals surface area contributed by atoms with Crippen molar-refractivity contribution >= 4 is 28.2 Å². The highest BCUT2D eigenvalue weighted by Gasteiger charge is 2.10. The molecule has 1 aromatic carbocycles. The summed E-state index contributed by atoms with van der Waals surface area (Å²) >= 11 is 0. The maximum absolute atomic E-state index is 11.9. The molecule has 0 unspecified atom stereocenters. The second kappa shape index (κ2) is 5.60. The first-order valence-electron chi connectivity index (χ1n) is 6.40. The molecule has 6 nitrogen and oxygen atoms in total. The molecular formula is C13H19N5O. The van der Waals surface area contributed by atoms with Gasteiger partial charge in [-0.2, -0.15) is 5.10 Å². The standard InChI is InChI=1S/C13H19N5O/c1-3-18(4-2)13(19)8-15-12-6-11-9(5-10(12)14)7-16-17-11/h5-7,15H,3-4,8,14H2,1-2H3,(H,16,17). The number of carbonyl (C=O) groups is 1. The molecule has 0 saturated carbocycles. The Morgan fingerprint density at radius 1 is 1.42 bits per heavy atom. The number of aromatic nitrogens is 2. The highest BCUT2D eigenvalue weighted by atomic mass is 16.2. The van der Waals surface area contributed by atoms with Crippen LogP contribution < -0.4 is 11.1 Å². The van der Waals surface area contributed by atoms with Crippen LogP contribution in [0.5, 0.6) is 0 Å². The number of nitrogens with one attached hydrogen (secondary N) is 2. The molecule has 0 bridgehead atoms. The number of anilines is 2. The number of H-pyrrole nitrogens is 1. The number of nitrogens with zero attached hydrogens (tertiary/aromatic N) is 2. The molecule has 6 heteroatoms. The molecule has 2 aromatic rings. The summed E-state index contributed by atoms with van der Waals surface area (Å²) in [7, 11) is 0. The number of amides is 1. The number of hydrogen-bond acceptors (Lipinski definition) is 4. The number of aromatic amines is 1. The van der Waals surface area contributed by atoms with Crippen molar-refractivity contribution < 1.29 is 4.79 Å². The molecule has 0 radical (unpaired) electrons. The third-order valence-corrected chi connectivity index (χ3v) is 3.16. The second-order valence-corrected chi connectivity index (χ2v) is 4.32. The molecule has 1 heterocycles. The van der Waals surface area contributed by atoms with Gasteiger partial charge in [0, 0.05) is 18.5 Å². The van der Waals surface area contributed by atoms with Gasteiger partial charge < -0.3 is 16.0 Å². The van der Waals surface area contributed by atoms with Gasteiger partial charge >= 0.3 is 0 Å². The lowest BCUT2D eigenvalue weighted by atomic mass is 10.2. The van der Waals surface area contributed by atoms with Crippen LogP contribution in [0, 0.1) is 0 Å². The van der Waals surface area contributed by atoms with E-state index in [2.05, 4.69) is 15.5 Å². The van der Waals surface area contributed by atoms with E-state index in [1.54, 1.807) is 11.1 Å². The third-order valence-electron chi connectivity index (χ3n) is 3.16. The van der Waals surface area contributed by atoms with E-state index in [1.807, 2.05) is 26.0 Å². The fourth-order valence-electron chi connectivity index (χ4n) is 2.02. The first-order valence-corrected chi connectivity index (χ1v) is 6.40. The first kappa shape index (κ1) is 13.2.